The molecular weight excluding hydrogens is 441 g/mol. The molecule has 3 aliphatic carbocycles. The van der Waals surface area contributed by atoms with Gasteiger partial charge in [-0.25, -0.2) is 9.18 Å². The van der Waals surface area contributed by atoms with Crippen molar-refractivity contribution in [1.82, 2.24) is 0 Å². The molecule has 3 saturated carbocycles. The van der Waals surface area contributed by atoms with Crippen molar-refractivity contribution in [3.05, 3.63) is 15.8 Å². The van der Waals surface area contributed by atoms with E-state index in [-0.39, 0.29) is 34.8 Å². The summed E-state index contributed by atoms with van der Waals surface area (Å²) in [5.41, 5.74) is 0.578. The first-order valence-electron chi connectivity index (χ1n) is 12.7. The lowest BCUT2D eigenvalue weighted by atomic mass is 9.81. The van der Waals surface area contributed by atoms with E-state index >= 15 is 0 Å². The highest BCUT2D eigenvalue weighted by Crippen LogP contribution is 2.44. The predicted octanol–water partition coefficient (Wildman–Crippen LogP) is 6.56. The minimum absolute atomic E-state index is 0.00498. The fraction of sp³-hybridized carbons (Fsp3) is 0.769. The van der Waals surface area contributed by atoms with Crippen molar-refractivity contribution >= 4 is 28.9 Å². The number of rotatable bonds is 6. The molecular formula is C26H38FNO4S. The molecule has 0 spiro atoms. The van der Waals surface area contributed by atoms with Gasteiger partial charge < -0.3 is 14.7 Å². The summed E-state index contributed by atoms with van der Waals surface area (Å²) >= 11 is 1.30. The maximum Gasteiger partial charge on any atom is 0.348 e. The van der Waals surface area contributed by atoms with E-state index in [1.54, 1.807) is 7.11 Å². The Labute approximate surface area is 200 Å². The average Bonchev–Trinajstić information content (AvgIpc) is 3.26. The molecule has 1 heterocycles. The highest BCUT2D eigenvalue weighted by atomic mass is 32.1. The first-order chi connectivity index (χ1) is 15.9. The first-order valence-corrected chi connectivity index (χ1v) is 13.6. The van der Waals surface area contributed by atoms with Crippen LogP contribution in [0.1, 0.15) is 104 Å². The second kappa shape index (κ2) is 10.9. The standard InChI is InChI=1S/C26H38FNO4S/c1-16-3-5-18(6-4-16)25(29)28(20-11-13-21(32-2)14-12-20)22-15-23(33-24(22)26(30)31)17-7-9-19(27)10-8-17/h15-21H,3-14H2,1-2H3,(H,30,31)/t16-,17?,18-,19?,20-,21-. The Bertz CT molecular complexity index is 818. The highest BCUT2D eigenvalue weighted by Gasteiger charge is 2.38. The molecule has 1 N–H and O–H groups in total. The van der Waals surface area contributed by atoms with Crippen molar-refractivity contribution in [2.45, 2.75) is 108 Å². The van der Waals surface area contributed by atoms with Crippen LogP contribution >= 0.6 is 11.3 Å². The number of alkyl halides is 1. The molecule has 0 unspecified atom stereocenters. The molecule has 0 aromatic carbocycles. The fourth-order valence-corrected chi connectivity index (χ4v) is 7.17. The zero-order valence-electron chi connectivity index (χ0n) is 19.9. The van der Waals surface area contributed by atoms with Gasteiger partial charge in [0.1, 0.15) is 11.0 Å². The minimum Gasteiger partial charge on any atom is -0.477 e. The smallest absolute Gasteiger partial charge is 0.348 e. The van der Waals surface area contributed by atoms with Crippen molar-refractivity contribution in [1.29, 1.82) is 0 Å². The third-order valence-electron chi connectivity index (χ3n) is 8.19. The third kappa shape index (κ3) is 5.61. The number of hydrogen-bond donors (Lipinski definition) is 1. The summed E-state index contributed by atoms with van der Waals surface area (Å²) in [5.74, 6) is -0.0744. The number of hydrogen-bond acceptors (Lipinski definition) is 4. The Balaban J connectivity index is 1.65. The van der Waals surface area contributed by atoms with Crippen molar-refractivity contribution in [3.8, 4) is 0 Å². The number of aromatic carboxylic acids is 1. The molecule has 5 nitrogen and oxygen atoms in total. The minimum atomic E-state index is -0.971. The van der Waals surface area contributed by atoms with E-state index in [9.17, 15) is 19.1 Å². The van der Waals surface area contributed by atoms with Crippen molar-refractivity contribution < 1.29 is 23.8 Å². The number of halogens is 1. The first kappa shape index (κ1) is 24.6. The molecule has 1 aromatic heterocycles. The van der Waals surface area contributed by atoms with Crippen LogP contribution in [0.15, 0.2) is 6.07 Å². The number of carboxylic acid groups (broad SMARTS) is 1. The predicted molar refractivity (Wildman–Crippen MR) is 129 cm³/mol. The van der Waals surface area contributed by atoms with Gasteiger partial charge in [-0.3, -0.25) is 4.79 Å². The fourth-order valence-electron chi connectivity index (χ4n) is 6.01. The van der Waals surface area contributed by atoms with Crippen molar-refractivity contribution in [2.75, 3.05) is 12.0 Å². The Hall–Kier alpha value is -1.47. The number of carboxylic acids is 1. The summed E-state index contributed by atoms with van der Waals surface area (Å²) < 4.78 is 19.2. The van der Waals surface area contributed by atoms with Gasteiger partial charge in [0.2, 0.25) is 5.91 Å². The quantitative estimate of drug-likeness (QED) is 0.502. The second-order valence-electron chi connectivity index (χ2n) is 10.4. The molecule has 0 radical (unpaired) electrons. The number of ether oxygens (including phenoxy) is 1. The number of anilines is 1. The van der Waals surface area contributed by atoms with Gasteiger partial charge in [-0.05, 0) is 95.0 Å². The van der Waals surface area contributed by atoms with Gasteiger partial charge in [-0.2, -0.15) is 0 Å². The Kier molecular flexibility index (Phi) is 8.11. The van der Waals surface area contributed by atoms with Gasteiger partial charge in [-0.1, -0.05) is 6.92 Å². The molecule has 33 heavy (non-hydrogen) atoms. The number of thiophene rings is 1. The largest absolute Gasteiger partial charge is 0.477 e. The van der Waals surface area contributed by atoms with E-state index in [1.807, 2.05) is 11.0 Å². The summed E-state index contributed by atoms with van der Waals surface area (Å²) in [5, 5.41) is 10.1. The summed E-state index contributed by atoms with van der Waals surface area (Å²) in [7, 11) is 1.73. The Morgan fingerprint density at radius 2 is 1.64 bits per heavy atom. The summed E-state index contributed by atoms with van der Waals surface area (Å²) in [6.45, 7) is 2.24. The topological polar surface area (TPSA) is 66.8 Å². The molecule has 1 aromatic rings. The molecule has 0 atom stereocenters. The van der Waals surface area contributed by atoms with Crippen LogP contribution in [0.2, 0.25) is 0 Å². The molecule has 7 heteroatoms. The summed E-state index contributed by atoms with van der Waals surface area (Å²) in [6, 6.07) is 1.97. The Morgan fingerprint density at radius 3 is 2.21 bits per heavy atom. The number of amides is 1. The molecule has 184 valence electrons. The molecule has 3 fully saturated rings. The summed E-state index contributed by atoms with van der Waals surface area (Å²) in [4.78, 5) is 29.3. The van der Waals surface area contributed by atoms with E-state index < -0.39 is 12.1 Å². The van der Waals surface area contributed by atoms with E-state index in [0.717, 1.165) is 69.1 Å². The SMILES string of the molecule is CO[C@H]1CC[C@H](N(c2cc(C3CCC(F)CC3)sc2C(=O)O)C(=O)[C@H]2CC[C@H](C)CC2)CC1. The second-order valence-corrected chi connectivity index (χ2v) is 11.5. The monoisotopic (exact) mass is 479 g/mol. The van der Waals surface area contributed by atoms with Gasteiger partial charge >= 0.3 is 5.97 Å². The number of nitrogens with zero attached hydrogens (tertiary/aromatic N) is 1. The average molecular weight is 480 g/mol. The van der Waals surface area contributed by atoms with Crippen LogP contribution in [0.25, 0.3) is 0 Å². The van der Waals surface area contributed by atoms with Gasteiger partial charge in [0.15, 0.2) is 0 Å². The zero-order valence-corrected chi connectivity index (χ0v) is 20.7. The highest BCUT2D eigenvalue weighted by molar-refractivity contribution is 7.14. The lowest BCUT2D eigenvalue weighted by Gasteiger charge is -2.39. The molecule has 0 aliphatic heterocycles. The van der Waals surface area contributed by atoms with Crippen LogP contribution in [0.5, 0.6) is 0 Å². The Morgan fingerprint density at radius 1 is 1.00 bits per heavy atom. The van der Waals surface area contributed by atoms with E-state index in [2.05, 4.69) is 6.92 Å². The molecule has 1 amide bonds. The molecule has 0 bridgehead atoms. The van der Waals surface area contributed by atoms with Crippen LogP contribution in [-0.4, -0.2) is 42.4 Å². The molecule has 4 rings (SSSR count). The van der Waals surface area contributed by atoms with Crippen molar-refractivity contribution in [3.63, 3.8) is 0 Å². The number of carbonyl (C=O) groups excluding carboxylic acids is 1. The molecule has 3 aliphatic rings. The van der Waals surface area contributed by atoms with Crippen LogP contribution in [0.4, 0.5) is 10.1 Å². The maximum atomic E-state index is 13.9. The van der Waals surface area contributed by atoms with Crippen LogP contribution in [0.3, 0.4) is 0 Å². The third-order valence-corrected chi connectivity index (χ3v) is 9.46. The van der Waals surface area contributed by atoms with Crippen molar-refractivity contribution in [2.24, 2.45) is 11.8 Å². The normalized spacial score (nSPS) is 32.9. The van der Waals surface area contributed by atoms with Crippen LogP contribution in [-0.2, 0) is 9.53 Å². The molecule has 0 saturated heterocycles. The lowest BCUT2D eigenvalue weighted by molar-refractivity contribution is -0.124. The lowest BCUT2D eigenvalue weighted by Crippen LogP contribution is -2.47. The van der Waals surface area contributed by atoms with E-state index in [4.69, 9.17) is 4.74 Å². The van der Waals surface area contributed by atoms with Gasteiger partial charge in [-0.15, -0.1) is 11.3 Å². The van der Waals surface area contributed by atoms with E-state index in [0.29, 0.717) is 24.4 Å². The zero-order chi connectivity index (χ0) is 23.5. The van der Waals surface area contributed by atoms with Gasteiger partial charge in [0.25, 0.3) is 0 Å². The maximum absolute atomic E-state index is 13.9. The van der Waals surface area contributed by atoms with Gasteiger partial charge in [0, 0.05) is 23.9 Å². The van der Waals surface area contributed by atoms with Crippen LogP contribution < -0.4 is 4.90 Å². The summed E-state index contributed by atoms with van der Waals surface area (Å²) in [6.07, 6.45) is 9.28. The number of carbonyl (C=O) groups is 2. The van der Waals surface area contributed by atoms with Crippen LogP contribution in [0, 0.1) is 11.8 Å². The van der Waals surface area contributed by atoms with Gasteiger partial charge in [0.05, 0.1) is 11.8 Å². The van der Waals surface area contributed by atoms with E-state index in [1.165, 1.54) is 11.3 Å². The number of methoxy groups -OCH3 is 1.